The SMILES string of the molecule is COc1ccc(/C=C(\C#N)C(=O)Nc2cc([N+](=O)[O-])ccc2C)cc1OC(=O)c1cccc2ccccc12. The van der Waals surface area contributed by atoms with E-state index in [9.17, 15) is 25.0 Å². The van der Waals surface area contributed by atoms with Crippen molar-refractivity contribution in [1.82, 2.24) is 0 Å². The smallest absolute Gasteiger partial charge is 0.344 e. The van der Waals surface area contributed by atoms with Crippen LogP contribution >= 0.6 is 0 Å². The predicted molar refractivity (Wildman–Crippen MR) is 142 cm³/mol. The molecule has 1 amide bonds. The summed E-state index contributed by atoms with van der Waals surface area (Å²) in [6.45, 7) is 1.68. The third-order valence-electron chi connectivity index (χ3n) is 5.76. The molecule has 0 saturated heterocycles. The fourth-order valence-corrected chi connectivity index (χ4v) is 3.78. The second-order valence-corrected chi connectivity index (χ2v) is 8.21. The average Bonchev–Trinajstić information content (AvgIpc) is 2.92. The first-order chi connectivity index (χ1) is 18.3. The Labute approximate surface area is 217 Å². The minimum atomic E-state index is -0.749. The number of methoxy groups -OCH3 is 1. The first-order valence-corrected chi connectivity index (χ1v) is 11.4. The summed E-state index contributed by atoms with van der Waals surface area (Å²) in [6, 6.07) is 23.2. The number of carbonyl (C=O) groups excluding carboxylic acids is 2. The predicted octanol–water partition coefficient (Wildman–Crippen LogP) is 5.83. The number of nitrogens with one attached hydrogen (secondary N) is 1. The number of esters is 1. The zero-order valence-electron chi connectivity index (χ0n) is 20.4. The van der Waals surface area contributed by atoms with E-state index in [4.69, 9.17) is 9.47 Å². The van der Waals surface area contributed by atoms with Gasteiger partial charge in [0.25, 0.3) is 11.6 Å². The number of nitro groups is 1. The number of non-ortho nitro benzene ring substituents is 1. The molecule has 0 atom stereocenters. The Morgan fingerprint density at radius 2 is 1.76 bits per heavy atom. The second-order valence-electron chi connectivity index (χ2n) is 8.21. The molecule has 0 saturated carbocycles. The zero-order chi connectivity index (χ0) is 27.2. The Kier molecular flexibility index (Phi) is 7.45. The van der Waals surface area contributed by atoms with Crippen LogP contribution in [-0.4, -0.2) is 23.9 Å². The monoisotopic (exact) mass is 507 g/mol. The van der Waals surface area contributed by atoms with E-state index in [-0.39, 0.29) is 28.4 Å². The summed E-state index contributed by atoms with van der Waals surface area (Å²) < 4.78 is 11.0. The lowest BCUT2D eigenvalue weighted by molar-refractivity contribution is -0.384. The Morgan fingerprint density at radius 1 is 1.00 bits per heavy atom. The maximum atomic E-state index is 13.0. The molecule has 0 unspecified atom stereocenters. The van der Waals surface area contributed by atoms with E-state index in [1.807, 2.05) is 36.4 Å². The minimum Gasteiger partial charge on any atom is -0.493 e. The molecule has 1 N–H and O–H groups in total. The number of hydrogen-bond donors (Lipinski definition) is 1. The third-order valence-corrected chi connectivity index (χ3v) is 5.76. The van der Waals surface area contributed by atoms with Gasteiger partial charge < -0.3 is 14.8 Å². The van der Waals surface area contributed by atoms with Crippen LogP contribution < -0.4 is 14.8 Å². The molecule has 38 heavy (non-hydrogen) atoms. The largest absolute Gasteiger partial charge is 0.493 e. The maximum absolute atomic E-state index is 13.0. The minimum absolute atomic E-state index is 0.103. The maximum Gasteiger partial charge on any atom is 0.344 e. The number of carbonyl (C=O) groups is 2. The number of hydrogen-bond acceptors (Lipinski definition) is 7. The lowest BCUT2D eigenvalue weighted by atomic mass is 10.0. The fraction of sp³-hybridized carbons (Fsp3) is 0.0690. The van der Waals surface area contributed by atoms with Crippen molar-refractivity contribution in [2.75, 3.05) is 12.4 Å². The van der Waals surface area contributed by atoms with Crippen LogP contribution in [0.4, 0.5) is 11.4 Å². The number of nitrogens with zero attached hydrogens (tertiary/aromatic N) is 2. The number of nitriles is 1. The number of ether oxygens (including phenoxy) is 2. The van der Waals surface area contributed by atoms with Gasteiger partial charge in [0.05, 0.1) is 23.3 Å². The van der Waals surface area contributed by atoms with Gasteiger partial charge in [-0.25, -0.2) is 4.79 Å². The summed E-state index contributed by atoms with van der Waals surface area (Å²) >= 11 is 0. The molecule has 0 aromatic heterocycles. The highest BCUT2D eigenvalue weighted by Crippen LogP contribution is 2.31. The number of anilines is 1. The molecule has 4 aromatic rings. The number of nitro benzene ring substituents is 1. The van der Waals surface area contributed by atoms with E-state index < -0.39 is 16.8 Å². The number of amides is 1. The van der Waals surface area contributed by atoms with Crippen LogP contribution in [0.2, 0.25) is 0 Å². The highest BCUT2D eigenvalue weighted by Gasteiger charge is 2.17. The van der Waals surface area contributed by atoms with Crippen molar-refractivity contribution >= 4 is 40.1 Å². The van der Waals surface area contributed by atoms with Crippen molar-refractivity contribution < 1.29 is 24.0 Å². The van der Waals surface area contributed by atoms with E-state index in [2.05, 4.69) is 5.32 Å². The lowest BCUT2D eigenvalue weighted by Gasteiger charge is -2.12. The van der Waals surface area contributed by atoms with Crippen molar-refractivity contribution in [3.63, 3.8) is 0 Å². The summed E-state index contributed by atoms with van der Waals surface area (Å²) in [5.41, 5.74) is 1.12. The molecule has 0 aliphatic heterocycles. The normalized spacial score (nSPS) is 10.9. The van der Waals surface area contributed by atoms with Gasteiger partial charge in [-0.15, -0.1) is 0 Å². The van der Waals surface area contributed by atoms with Gasteiger partial charge >= 0.3 is 5.97 Å². The van der Waals surface area contributed by atoms with Gasteiger partial charge in [-0.2, -0.15) is 5.26 Å². The number of rotatable bonds is 7. The first-order valence-electron chi connectivity index (χ1n) is 11.4. The first kappa shape index (κ1) is 25.6. The van der Waals surface area contributed by atoms with E-state index in [0.29, 0.717) is 16.7 Å². The van der Waals surface area contributed by atoms with Gasteiger partial charge in [-0.05, 0) is 53.1 Å². The lowest BCUT2D eigenvalue weighted by Crippen LogP contribution is -2.14. The van der Waals surface area contributed by atoms with Crippen LogP contribution in [-0.2, 0) is 4.79 Å². The number of benzene rings is 4. The summed E-state index contributed by atoms with van der Waals surface area (Å²) in [6.07, 6.45) is 1.32. The number of aryl methyl sites for hydroxylation is 1. The third kappa shape index (κ3) is 5.50. The van der Waals surface area contributed by atoms with Crippen molar-refractivity contribution in [3.8, 4) is 17.6 Å². The van der Waals surface area contributed by atoms with Gasteiger partial charge in [0.2, 0.25) is 0 Å². The Morgan fingerprint density at radius 3 is 2.50 bits per heavy atom. The standard InChI is InChI=1S/C29H21N3O6/c1-18-10-12-22(32(35)36)16-25(18)31-28(33)21(17-30)14-19-11-13-26(37-2)27(15-19)38-29(34)24-9-5-7-20-6-3-4-8-23(20)24/h3-16H,1-2H3,(H,31,33)/b21-14+. The van der Waals surface area contributed by atoms with E-state index in [1.165, 1.54) is 37.5 Å². The van der Waals surface area contributed by atoms with Crippen molar-refractivity contribution in [2.24, 2.45) is 0 Å². The Bertz CT molecular complexity index is 1650. The van der Waals surface area contributed by atoms with Crippen LogP contribution in [0, 0.1) is 28.4 Å². The Balaban J connectivity index is 1.62. The zero-order valence-corrected chi connectivity index (χ0v) is 20.4. The molecule has 0 bridgehead atoms. The van der Waals surface area contributed by atoms with Crippen molar-refractivity contribution in [2.45, 2.75) is 6.92 Å². The van der Waals surface area contributed by atoms with Crippen LogP contribution in [0.25, 0.3) is 16.8 Å². The number of fused-ring (bicyclic) bond motifs is 1. The summed E-state index contributed by atoms with van der Waals surface area (Å²) in [5, 5.41) is 24.9. The van der Waals surface area contributed by atoms with Crippen molar-refractivity contribution in [1.29, 1.82) is 5.26 Å². The van der Waals surface area contributed by atoms with Gasteiger partial charge in [0.15, 0.2) is 11.5 Å². The quantitative estimate of drug-likeness (QED) is 0.0831. The molecule has 0 radical (unpaired) electrons. The molecule has 4 aromatic carbocycles. The summed E-state index contributed by atoms with van der Waals surface area (Å²) in [5.74, 6) is -0.959. The molecular weight excluding hydrogens is 486 g/mol. The molecule has 0 spiro atoms. The summed E-state index contributed by atoms with van der Waals surface area (Å²) in [7, 11) is 1.43. The molecule has 0 heterocycles. The van der Waals surface area contributed by atoms with E-state index in [0.717, 1.165) is 10.8 Å². The molecular formula is C29H21N3O6. The molecule has 0 aliphatic carbocycles. The Hall–Kier alpha value is -5.49. The van der Waals surface area contributed by atoms with E-state index in [1.54, 1.807) is 31.2 Å². The summed E-state index contributed by atoms with van der Waals surface area (Å²) in [4.78, 5) is 36.3. The van der Waals surface area contributed by atoms with Crippen LogP contribution in [0.3, 0.4) is 0 Å². The molecule has 4 rings (SSSR count). The van der Waals surface area contributed by atoms with Crippen LogP contribution in [0.15, 0.2) is 84.4 Å². The molecule has 9 heteroatoms. The molecule has 0 aliphatic rings. The van der Waals surface area contributed by atoms with E-state index >= 15 is 0 Å². The van der Waals surface area contributed by atoms with Gasteiger partial charge in [0.1, 0.15) is 11.6 Å². The average molecular weight is 508 g/mol. The highest BCUT2D eigenvalue weighted by molar-refractivity contribution is 6.10. The van der Waals surface area contributed by atoms with Gasteiger partial charge in [-0.1, -0.05) is 48.5 Å². The highest BCUT2D eigenvalue weighted by atomic mass is 16.6. The van der Waals surface area contributed by atoms with Crippen LogP contribution in [0.5, 0.6) is 11.5 Å². The second kappa shape index (κ2) is 11.1. The van der Waals surface area contributed by atoms with Gasteiger partial charge in [0, 0.05) is 12.1 Å². The van der Waals surface area contributed by atoms with Gasteiger partial charge in [-0.3, -0.25) is 14.9 Å². The molecule has 9 nitrogen and oxygen atoms in total. The van der Waals surface area contributed by atoms with Crippen LogP contribution in [0.1, 0.15) is 21.5 Å². The fourth-order valence-electron chi connectivity index (χ4n) is 3.78. The topological polar surface area (TPSA) is 132 Å². The molecule has 0 fully saturated rings. The molecule has 188 valence electrons. The van der Waals surface area contributed by atoms with Crippen molar-refractivity contribution in [3.05, 3.63) is 111 Å².